The number of hydrogen-bond acceptors (Lipinski definition) is 2. The average molecular weight is 181 g/mol. The topological polar surface area (TPSA) is 18.5 Å². The highest BCUT2D eigenvalue weighted by atomic mass is 35.5. The molecule has 0 amide bonds. The van der Waals surface area contributed by atoms with Crippen molar-refractivity contribution in [3.63, 3.8) is 0 Å². The van der Waals surface area contributed by atoms with Gasteiger partial charge in [0, 0.05) is 19.6 Å². The van der Waals surface area contributed by atoms with Crippen LogP contribution in [0, 0.1) is 0 Å². The highest BCUT2D eigenvalue weighted by molar-refractivity contribution is 6.17. The number of unbranched alkanes of at least 4 members (excludes halogenated alkanes) is 1. The SMILES string of the molecule is COCC(C)OCCCCCl. The first-order valence-corrected chi connectivity index (χ1v) is 4.51. The Hall–Kier alpha value is 0.210. The highest BCUT2D eigenvalue weighted by Gasteiger charge is 1.99. The minimum Gasteiger partial charge on any atom is -0.382 e. The zero-order valence-corrected chi connectivity index (χ0v) is 8.06. The van der Waals surface area contributed by atoms with E-state index in [0.29, 0.717) is 6.61 Å². The monoisotopic (exact) mass is 180 g/mol. The first-order valence-electron chi connectivity index (χ1n) is 3.97. The molecule has 0 aromatic rings. The molecule has 0 aliphatic rings. The van der Waals surface area contributed by atoms with Gasteiger partial charge in [-0.2, -0.15) is 0 Å². The van der Waals surface area contributed by atoms with Crippen molar-refractivity contribution in [2.75, 3.05) is 26.2 Å². The number of methoxy groups -OCH3 is 1. The van der Waals surface area contributed by atoms with Gasteiger partial charge in [-0.1, -0.05) is 0 Å². The molecule has 0 heterocycles. The molecule has 1 unspecified atom stereocenters. The number of rotatable bonds is 7. The second-order valence-corrected chi connectivity index (χ2v) is 2.91. The van der Waals surface area contributed by atoms with Gasteiger partial charge >= 0.3 is 0 Å². The first kappa shape index (κ1) is 11.2. The molecular weight excluding hydrogens is 164 g/mol. The molecule has 0 N–H and O–H groups in total. The molecule has 0 aromatic heterocycles. The van der Waals surface area contributed by atoms with E-state index in [2.05, 4.69) is 0 Å². The molecule has 11 heavy (non-hydrogen) atoms. The van der Waals surface area contributed by atoms with Gasteiger partial charge in [0.05, 0.1) is 12.7 Å². The van der Waals surface area contributed by atoms with Gasteiger partial charge in [0.25, 0.3) is 0 Å². The van der Waals surface area contributed by atoms with E-state index < -0.39 is 0 Å². The summed E-state index contributed by atoms with van der Waals surface area (Å²) in [6.07, 6.45) is 2.27. The zero-order valence-electron chi connectivity index (χ0n) is 7.31. The van der Waals surface area contributed by atoms with E-state index in [1.807, 2.05) is 6.92 Å². The Morgan fingerprint density at radius 3 is 2.64 bits per heavy atom. The minimum atomic E-state index is 0.204. The number of hydrogen-bond donors (Lipinski definition) is 0. The van der Waals surface area contributed by atoms with Crippen molar-refractivity contribution in [3.8, 4) is 0 Å². The van der Waals surface area contributed by atoms with Gasteiger partial charge in [-0.3, -0.25) is 0 Å². The molecule has 0 aliphatic heterocycles. The molecule has 0 aromatic carbocycles. The summed E-state index contributed by atoms with van der Waals surface area (Å²) in [7, 11) is 1.68. The molecule has 0 saturated carbocycles. The van der Waals surface area contributed by atoms with Crippen LogP contribution in [0.25, 0.3) is 0 Å². The summed E-state index contributed by atoms with van der Waals surface area (Å²) >= 11 is 5.50. The fraction of sp³-hybridized carbons (Fsp3) is 1.00. The fourth-order valence-electron chi connectivity index (χ4n) is 0.764. The lowest BCUT2D eigenvalue weighted by molar-refractivity contribution is 0.00816. The largest absolute Gasteiger partial charge is 0.382 e. The Balaban J connectivity index is 2.97. The molecular formula is C8H17ClO2. The second-order valence-electron chi connectivity index (χ2n) is 2.53. The molecule has 68 valence electrons. The smallest absolute Gasteiger partial charge is 0.0780 e. The molecule has 0 radical (unpaired) electrons. The quantitative estimate of drug-likeness (QED) is 0.441. The van der Waals surface area contributed by atoms with Crippen molar-refractivity contribution in [1.82, 2.24) is 0 Å². The summed E-state index contributed by atoms with van der Waals surface area (Å²) in [5.74, 6) is 0.724. The first-order chi connectivity index (χ1) is 5.31. The minimum absolute atomic E-state index is 0.204. The van der Waals surface area contributed by atoms with Gasteiger partial charge in [-0.15, -0.1) is 11.6 Å². The Kier molecular flexibility index (Phi) is 8.47. The Labute approximate surface area is 73.8 Å². The van der Waals surface area contributed by atoms with Gasteiger partial charge in [-0.05, 0) is 19.8 Å². The van der Waals surface area contributed by atoms with Crippen molar-refractivity contribution in [3.05, 3.63) is 0 Å². The summed E-state index contributed by atoms with van der Waals surface area (Å²) in [5, 5.41) is 0. The predicted octanol–water partition coefficient (Wildman–Crippen LogP) is 2.06. The van der Waals surface area contributed by atoms with E-state index in [1.165, 1.54) is 0 Å². The molecule has 0 aliphatic carbocycles. The average Bonchev–Trinajstić information content (AvgIpc) is 1.99. The van der Waals surface area contributed by atoms with Crippen LogP contribution in [0.4, 0.5) is 0 Å². The van der Waals surface area contributed by atoms with Gasteiger partial charge in [0.15, 0.2) is 0 Å². The third-order valence-corrected chi connectivity index (χ3v) is 1.60. The van der Waals surface area contributed by atoms with E-state index >= 15 is 0 Å². The van der Waals surface area contributed by atoms with Crippen LogP contribution in [0.1, 0.15) is 19.8 Å². The van der Waals surface area contributed by atoms with Crippen LogP contribution < -0.4 is 0 Å². The van der Waals surface area contributed by atoms with Crippen LogP contribution in [-0.2, 0) is 9.47 Å². The summed E-state index contributed by atoms with van der Waals surface area (Å²) in [6.45, 7) is 3.46. The molecule has 0 fully saturated rings. The second kappa shape index (κ2) is 8.31. The highest BCUT2D eigenvalue weighted by Crippen LogP contribution is 1.96. The third kappa shape index (κ3) is 8.11. The van der Waals surface area contributed by atoms with Gasteiger partial charge < -0.3 is 9.47 Å². The molecule has 0 rings (SSSR count). The Morgan fingerprint density at radius 2 is 2.09 bits per heavy atom. The van der Waals surface area contributed by atoms with Crippen molar-refractivity contribution >= 4 is 11.6 Å². The number of ether oxygens (including phenoxy) is 2. The summed E-state index contributed by atoms with van der Waals surface area (Å²) in [4.78, 5) is 0. The van der Waals surface area contributed by atoms with Crippen molar-refractivity contribution in [2.45, 2.75) is 25.9 Å². The third-order valence-electron chi connectivity index (χ3n) is 1.33. The van der Waals surface area contributed by atoms with Crippen molar-refractivity contribution in [1.29, 1.82) is 0 Å². The lowest BCUT2D eigenvalue weighted by Crippen LogP contribution is -2.15. The standard InChI is InChI=1S/C8H17ClO2/c1-8(7-10-2)11-6-4-3-5-9/h8H,3-7H2,1-2H3. The van der Waals surface area contributed by atoms with E-state index in [1.54, 1.807) is 7.11 Å². The van der Waals surface area contributed by atoms with E-state index in [0.717, 1.165) is 25.3 Å². The van der Waals surface area contributed by atoms with Crippen LogP contribution >= 0.6 is 11.6 Å². The maximum absolute atomic E-state index is 5.50. The predicted molar refractivity (Wildman–Crippen MR) is 47.2 cm³/mol. The normalized spacial score (nSPS) is 13.4. The summed E-state index contributed by atoms with van der Waals surface area (Å²) < 4.78 is 10.3. The fourth-order valence-corrected chi connectivity index (χ4v) is 0.953. The van der Waals surface area contributed by atoms with Gasteiger partial charge in [0.2, 0.25) is 0 Å². The lowest BCUT2D eigenvalue weighted by Gasteiger charge is -2.10. The van der Waals surface area contributed by atoms with Crippen molar-refractivity contribution in [2.24, 2.45) is 0 Å². The van der Waals surface area contributed by atoms with Crippen LogP contribution in [0.2, 0.25) is 0 Å². The van der Waals surface area contributed by atoms with Crippen molar-refractivity contribution < 1.29 is 9.47 Å². The molecule has 1 atom stereocenters. The van der Waals surface area contributed by atoms with Crippen LogP contribution in [-0.4, -0.2) is 32.3 Å². The van der Waals surface area contributed by atoms with Crippen LogP contribution in [0.15, 0.2) is 0 Å². The molecule has 2 nitrogen and oxygen atoms in total. The molecule has 0 saturated heterocycles. The molecule has 0 bridgehead atoms. The molecule has 0 spiro atoms. The lowest BCUT2D eigenvalue weighted by atomic mass is 10.3. The zero-order chi connectivity index (χ0) is 8.53. The summed E-state index contributed by atoms with van der Waals surface area (Å²) in [6, 6.07) is 0. The maximum Gasteiger partial charge on any atom is 0.0780 e. The Morgan fingerprint density at radius 1 is 1.36 bits per heavy atom. The summed E-state index contributed by atoms with van der Waals surface area (Å²) in [5.41, 5.74) is 0. The van der Waals surface area contributed by atoms with Crippen LogP contribution in [0.5, 0.6) is 0 Å². The van der Waals surface area contributed by atoms with E-state index in [-0.39, 0.29) is 6.10 Å². The number of alkyl halides is 1. The maximum atomic E-state index is 5.50. The van der Waals surface area contributed by atoms with E-state index in [9.17, 15) is 0 Å². The van der Waals surface area contributed by atoms with Crippen LogP contribution in [0.3, 0.4) is 0 Å². The van der Waals surface area contributed by atoms with E-state index in [4.69, 9.17) is 21.1 Å². The van der Waals surface area contributed by atoms with Gasteiger partial charge in [-0.25, -0.2) is 0 Å². The van der Waals surface area contributed by atoms with Gasteiger partial charge in [0.1, 0.15) is 0 Å². The molecule has 3 heteroatoms. The Bertz CT molecular complexity index is 78.5. The number of halogens is 1.